The Morgan fingerprint density at radius 1 is 1.21 bits per heavy atom. The van der Waals surface area contributed by atoms with Gasteiger partial charge in [-0.25, -0.2) is 4.39 Å². The number of thioether (sulfide) groups is 1. The summed E-state index contributed by atoms with van der Waals surface area (Å²) in [5.41, 5.74) is 2.18. The van der Waals surface area contributed by atoms with E-state index in [4.69, 9.17) is 0 Å². The molecule has 1 saturated heterocycles. The monoisotopic (exact) mass is 464 g/mol. The second-order valence-corrected chi connectivity index (χ2v) is 9.66. The van der Waals surface area contributed by atoms with Crippen molar-refractivity contribution in [3.63, 3.8) is 0 Å². The molecule has 0 radical (unpaired) electrons. The average molecular weight is 465 g/mol. The van der Waals surface area contributed by atoms with Gasteiger partial charge < -0.3 is 4.90 Å². The summed E-state index contributed by atoms with van der Waals surface area (Å²) in [7, 11) is 0. The minimum atomic E-state index is -0.248. The Labute approximate surface area is 179 Å². The summed E-state index contributed by atoms with van der Waals surface area (Å²) < 4.78 is 14.3. The molecule has 0 aromatic heterocycles. The van der Waals surface area contributed by atoms with Gasteiger partial charge in [-0.15, -0.1) is 11.8 Å². The number of amides is 1. The third-order valence-corrected chi connectivity index (χ3v) is 6.46. The minimum absolute atomic E-state index is 0.0262. The van der Waals surface area contributed by atoms with Crippen LogP contribution in [-0.2, 0) is 11.3 Å². The third kappa shape index (κ3) is 5.82. The Kier molecular flexibility index (Phi) is 7.55. The number of nitrogens with zero attached hydrogens (tertiary/aromatic N) is 2. The van der Waals surface area contributed by atoms with E-state index in [1.165, 1.54) is 17.7 Å². The lowest BCUT2D eigenvalue weighted by Gasteiger charge is -2.29. The second-order valence-electron chi connectivity index (χ2n) is 7.55. The first-order chi connectivity index (χ1) is 13.4. The van der Waals surface area contributed by atoms with Crippen LogP contribution >= 0.6 is 27.7 Å². The summed E-state index contributed by atoms with van der Waals surface area (Å²) >= 11 is 5.21. The Morgan fingerprint density at radius 3 is 2.54 bits per heavy atom. The average Bonchev–Trinajstić information content (AvgIpc) is 3.13. The SMILES string of the molecule is CC(C)CN(CC(=O)N1CCSC1c1ccc(F)cc1)Cc1ccc(Br)cc1. The zero-order valence-corrected chi connectivity index (χ0v) is 18.7. The van der Waals surface area contributed by atoms with Gasteiger partial charge in [-0.2, -0.15) is 0 Å². The van der Waals surface area contributed by atoms with Crippen molar-refractivity contribution in [2.45, 2.75) is 25.8 Å². The van der Waals surface area contributed by atoms with Crippen LogP contribution in [0.25, 0.3) is 0 Å². The van der Waals surface area contributed by atoms with Gasteiger partial charge in [0.2, 0.25) is 5.91 Å². The van der Waals surface area contributed by atoms with Crippen molar-refractivity contribution in [2.75, 3.05) is 25.4 Å². The highest BCUT2D eigenvalue weighted by Crippen LogP contribution is 2.38. The fourth-order valence-corrected chi connectivity index (χ4v) is 5.00. The van der Waals surface area contributed by atoms with Crippen molar-refractivity contribution in [2.24, 2.45) is 5.92 Å². The molecule has 0 aliphatic carbocycles. The van der Waals surface area contributed by atoms with Gasteiger partial charge in [0, 0.05) is 29.9 Å². The van der Waals surface area contributed by atoms with Crippen LogP contribution in [0.2, 0.25) is 0 Å². The van der Waals surface area contributed by atoms with Gasteiger partial charge in [-0.1, -0.05) is 54.0 Å². The second kappa shape index (κ2) is 9.90. The predicted molar refractivity (Wildman–Crippen MR) is 118 cm³/mol. The molecule has 1 aliphatic rings. The van der Waals surface area contributed by atoms with Crippen LogP contribution in [0.4, 0.5) is 4.39 Å². The van der Waals surface area contributed by atoms with Gasteiger partial charge in [-0.3, -0.25) is 9.69 Å². The molecule has 28 heavy (non-hydrogen) atoms. The van der Waals surface area contributed by atoms with Crippen LogP contribution in [0, 0.1) is 11.7 Å². The first-order valence-electron chi connectivity index (χ1n) is 9.55. The van der Waals surface area contributed by atoms with E-state index >= 15 is 0 Å². The van der Waals surface area contributed by atoms with Gasteiger partial charge in [0.15, 0.2) is 0 Å². The van der Waals surface area contributed by atoms with Crippen LogP contribution in [0.15, 0.2) is 53.0 Å². The lowest BCUT2D eigenvalue weighted by molar-refractivity contribution is -0.132. The van der Waals surface area contributed by atoms with Crippen molar-refractivity contribution >= 4 is 33.6 Å². The van der Waals surface area contributed by atoms with Crippen LogP contribution < -0.4 is 0 Å². The Hall–Kier alpha value is -1.37. The van der Waals surface area contributed by atoms with Crippen LogP contribution in [-0.4, -0.2) is 41.1 Å². The Balaban J connectivity index is 1.69. The number of carbonyl (C=O) groups excluding carboxylic acids is 1. The number of halogens is 2. The molecule has 1 fully saturated rings. The zero-order valence-electron chi connectivity index (χ0n) is 16.3. The van der Waals surface area contributed by atoms with Gasteiger partial charge >= 0.3 is 0 Å². The summed E-state index contributed by atoms with van der Waals surface area (Å²) in [5.74, 6) is 1.27. The highest BCUT2D eigenvalue weighted by Gasteiger charge is 2.31. The maximum atomic E-state index is 13.3. The fraction of sp³-hybridized carbons (Fsp3) is 0.409. The number of hydrogen-bond donors (Lipinski definition) is 0. The van der Waals surface area contributed by atoms with Gasteiger partial charge in [0.25, 0.3) is 0 Å². The molecule has 0 saturated carbocycles. The Bertz CT molecular complexity index is 782. The molecule has 1 amide bonds. The third-order valence-electron chi connectivity index (χ3n) is 4.67. The molecule has 2 aromatic carbocycles. The van der Waals surface area contributed by atoms with E-state index in [-0.39, 0.29) is 17.1 Å². The normalized spacial score (nSPS) is 16.9. The molecular formula is C22H26BrFN2OS. The summed E-state index contributed by atoms with van der Waals surface area (Å²) in [6, 6.07) is 14.8. The van der Waals surface area contributed by atoms with Crippen molar-refractivity contribution in [1.29, 1.82) is 0 Å². The first kappa shape index (κ1) is 21.3. The topological polar surface area (TPSA) is 23.6 Å². The van der Waals surface area contributed by atoms with Crippen molar-refractivity contribution in [1.82, 2.24) is 9.80 Å². The lowest BCUT2D eigenvalue weighted by Crippen LogP contribution is -2.41. The smallest absolute Gasteiger partial charge is 0.237 e. The van der Waals surface area contributed by atoms with Crippen LogP contribution in [0.1, 0.15) is 30.3 Å². The molecule has 1 atom stereocenters. The molecule has 3 nitrogen and oxygen atoms in total. The number of carbonyl (C=O) groups is 1. The molecule has 3 rings (SSSR count). The van der Waals surface area contributed by atoms with E-state index in [1.54, 1.807) is 23.9 Å². The quantitative estimate of drug-likeness (QED) is 0.553. The van der Waals surface area contributed by atoms with Crippen LogP contribution in [0.3, 0.4) is 0 Å². The maximum Gasteiger partial charge on any atom is 0.237 e. The van der Waals surface area contributed by atoms with E-state index in [0.29, 0.717) is 12.5 Å². The molecule has 0 bridgehead atoms. The van der Waals surface area contributed by atoms with Gasteiger partial charge in [0.1, 0.15) is 11.2 Å². The molecule has 2 aromatic rings. The van der Waals surface area contributed by atoms with E-state index in [9.17, 15) is 9.18 Å². The van der Waals surface area contributed by atoms with E-state index < -0.39 is 0 Å². The summed E-state index contributed by atoms with van der Waals surface area (Å²) in [5, 5.41) is -0.0262. The minimum Gasteiger partial charge on any atom is -0.325 e. The highest BCUT2D eigenvalue weighted by molar-refractivity contribution is 9.10. The summed E-state index contributed by atoms with van der Waals surface area (Å²) in [4.78, 5) is 17.3. The van der Waals surface area contributed by atoms with Crippen molar-refractivity contribution in [3.8, 4) is 0 Å². The fourth-order valence-electron chi connectivity index (χ4n) is 3.46. The van der Waals surface area contributed by atoms with Crippen molar-refractivity contribution < 1.29 is 9.18 Å². The molecule has 6 heteroatoms. The van der Waals surface area contributed by atoms with E-state index in [1.807, 2.05) is 17.0 Å². The van der Waals surface area contributed by atoms with Crippen LogP contribution in [0.5, 0.6) is 0 Å². The Morgan fingerprint density at radius 2 is 1.89 bits per heavy atom. The summed E-state index contributed by atoms with van der Waals surface area (Å²) in [6.07, 6.45) is 0. The molecule has 1 heterocycles. The zero-order chi connectivity index (χ0) is 20.1. The number of rotatable bonds is 7. The van der Waals surface area contributed by atoms with Gasteiger partial charge in [0.05, 0.1) is 6.54 Å². The lowest BCUT2D eigenvalue weighted by atomic mass is 10.1. The van der Waals surface area contributed by atoms with Crippen molar-refractivity contribution in [3.05, 3.63) is 69.9 Å². The summed E-state index contributed by atoms with van der Waals surface area (Å²) in [6.45, 7) is 7.09. The maximum absolute atomic E-state index is 13.3. The number of hydrogen-bond acceptors (Lipinski definition) is 3. The molecule has 0 N–H and O–H groups in total. The van der Waals surface area contributed by atoms with Gasteiger partial charge in [-0.05, 0) is 41.3 Å². The first-order valence-corrected chi connectivity index (χ1v) is 11.4. The predicted octanol–water partition coefficient (Wildman–Crippen LogP) is 5.32. The standard InChI is InChI=1S/C22H26BrFN2OS/c1-16(2)13-25(14-17-3-7-19(23)8-4-17)15-21(27)26-11-12-28-22(26)18-5-9-20(24)10-6-18/h3-10,16,22H,11-15H2,1-2H3. The molecule has 0 spiro atoms. The molecular weight excluding hydrogens is 439 g/mol. The highest BCUT2D eigenvalue weighted by atomic mass is 79.9. The largest absolute Gasteiger partial charge is 0.325 e. The molecule has 150 valence electrons. The molecule has 1 unspecified atom stereocenters. The number of benzene rings is 2. The molecule has 1 aliphatic heterocycles. The van der Waals surface area contributed by atoms with E-state index in [0.717, 1.165) is 35.4 Å². The van der Waals surface area contributed by atoms with E-state index in [2.05, 4.69) is 46.8 Å².